The molecular weight excluding hydrogens is 800 g/mol. The second-order valence-electron chi connectivity index (χ2n) is 17.2. The number of ether oxygens (including phenoxy) is 2. The Morgan fingerprint density at radius 3 is 1.39 bits per heavy atom. The number of allylic oxidation sites excluding steroid dienone is 8. The molecule has 0 spiro atoms. The lowest BCUT2D eigenvalue weighted by molar-refractivity contribution is -0.154. The first-order valence-corrected chi connectivity index (χ1v) is 27.1. The van der Waals surface area contributed by atoms with Crippen LogP contribution >= 0.6 is 7.82 Å². The minimum Gasteiger partial charge on any atom is -0.457 e. The number of aliphatic hydroxyl groups excluding tert-OH is 2. The summed E-state index contributed by atoms with van der Waals surface area (Å²) < 4.78 is 33.5. The van der Waals surface area contributed by atoms with Crippen molar-refractivity contribution in [2.75, 3.05) is 33.0 Å². The van der Waals surface area contributed by atoms with E-state index in [2.05, 4.69) is 62.5 Å². The number of rotatable bonds is 49. The van der Waals surface area contributed by atoms with Gasteiger partial charge >= 0.3 is 13.8 Å². The number of carbonyl (C=O) groups excluding carboxylic acids is 1. The smallest absolute Gasteiger partial charge is 0.457 e. The topological polar surface area (TPSA) is 132 Å². The zero-order valence-corrected chi connectivity index (χ0v) is 41.0. The van der Waals surface area contributed by atoms with Gasteiger partial charge in [0.2, 0.25) is 0 Å². The number of carbonyl (C=O) groups is 1. The first-order chi connectivity index (χ1) is 30.3. The number of hydrogen-bond donors (Lipinski definition) is 3. The molecule has 0 aromatic heterocycles. The zero-order chi connectivity index (χ0) is 45.3. The van der Waals surface area contributed by atoms with E-state index in [1.807, 2.05) is 0 Å². The number of unbranched alkanes of at least 4 members (excludes halogenated alkanes) is 27. The summed E-state index contributed by atoms with van der Waals surface area (Å²) >= 11 is 0. The Morgan fingerprint density at radius 1 is 0.516 bits per heavy atom. The average molecular weight is 897 g/mol. The first-order valence-electron chi connectivity index (χ1n) is 25.6. The standard InChI is InChI=1S/C52H97O9P/c1-3-5-7-9-11-13-15-17-19-21-23-24-25-26-27-28-30-32-34-36-38-40-42-44-52(55)61-51(49-60-62(56,57)59-47-50(54)46-53)48-58-45-43-41-39-37-35-33-31-29-22-20-18-16-14-12-10-8-6-4-2/h6,8,12,14,18,20,29,31,50-51,53-54H,3-5,7,9-11,13,15-17,19,21-28,30,32-49H2,1-2H3,(H,56,57)/b8-6-,14-12-,20-18-,31-29-. The van der Waals surface area contributed by atoms with Gasteiger partial charge in [-0.3, -0.25) is 13.8 Å². The SMILES string of the molecule is CC/C=C\C/C=C\C/C=C\C/C=C\CCCCCCCOCC(COP(=O)(O)OCC(O)CO)OC(=O)CCCCCCCCCCCCCCCCCCCCCCCCC. The third kappa shape index (κ3) is 47.9. The van der Waals surface area contributed by atoms with Crippen LogP contribution < -0.4 is 0 Å². The molecule has 3 atom stereocenters. The lowest BCUT2D eigenvalue weighted by Gasteiger charge is -2.20. The van der Waals surface area contributed by atoms with Gasteiger partial charge in [-0.1, -0.05) is 223 Å². The molecule has 0 aliphatic carbocycles. The van der Waals surface area contributed by atoms with Gasteiger partial charge in [-0.2, -0.15) is 0 Å². The Morgan fingerprint density at radius 2 is 0.919 bits per heavy atom. The van der Waals surface area contributed by atoms with E-state index in [1.165, 1.54) is 128 Å². The van der Waals surface area contributed by atoms with Crippen LogP contribution in [0.5, 0.6) is 0 Å². The molecule has 10 heteroatoms. The maximum Gasteiger partial charge on any atom is 0.472 e. The largest absolute Gasteiger partial charge is 0.472 e. The molecule has 0 aromatic rings. The summed E-state index contributed by atoms with van der Waals surface area (Å²) in [5.41, 5.74) is 0. The molecule has 3 unspecified atom stereocenters. The van der Waals surface area contributed by atoms with Crippen LogP contribution in [0.15, 0.2) is 48.6 Å². The Kier molecular flexibility index (Phi) is 47.6. The van der Waals surface area contributed by atoms with Crippen molar-refractivity contribution in [1.82, 2.24) is 0 Å². The fraction of sp³-hybridized carbons (Fsp3) is 0.827. The highest BCUT2D eigenvalue weighted by atomic mass is 31.2. The minimum atomic E-state index is -4.53. The van der Waals surface area contributed by atoms with Crippen molar-refractivity contribution in [3.63, 3.8) is 0 Å². The normalized spacial score (nSPS) is 14.2. The van der Waals surface area contributed by atoms with Crippen molar-refractivity contribution >= 4 is 13.8 Å². The highest BCUT2D eigenvalue weighted by Crippen LogP contribution is 2.43. The van der Waals surface area contributed by atoms with E-state index in [4.69, 9.17) is 23.6 Å². The average Bonchev–Trinajstić information content (AvgIpc) is 3.26. The summed E-state index contributed by atoms with van der Waals surface area (Å²) in [5, 5.41) is 18.4. The van der Waals surface area contributed by atoms with Crippen molar-refractivity contribution in [2.45, 2.75) is 244 Å². The summed E-state index contributed by atoms with van der Waals surface area (Å²) in [4.78, 5) is 22.7. The summed E-state index contributed by atoms with van der Waals surface area (Å²) in [5.74, 6) is -0.386. The molecule has 0 aliphatic rings. The lowest BCUT2D eigenvalue weighted by Crippen LogP contribution is -2.29. The molecule has 0 aromatic carbocycles. The van der Waals surface area contributed by atoms with Crippen LogP contribution in [0.1, 0.15) is 232 Å². The van der Waals surface area contributed by atoms with Gasteiger partial charge in [-0.05, 0) is 51.4 Å². The minimum absolute atomic E-state index is 0.0379. The monoisotopic (exact) mass is 897 g/mol. The number of phosphoric acid groups is 1. The van der Waals surface area contributed by atoms with E-state index in [0.29, 0.717) is 6.61 Å². The molecule has 364 valence electrons. The van der Waals surface area contributed by atoms with E-state index in [1.54, 1.807) is 0 Å². The fourth-order valence-electron chi connectivity index (χ4n) is 7.17. The van der Waals surface area contributed by atoms with Crippen LogP contribution in [0.3, 0.4) is 0 Å². The van der Waals surface area contributed by atoms with Gasteiger partial charge in [0.15, 0.2) is 0 Å². The Hall–Kier alpha value is -1.58. The Labute approximate surface area is 381 Å². The highest BCUT2D eigenvalue weighted by Gasteiger charge is 2.26. The summed E-state index contributed by atoms with van der Waals surface area (Å²) in [7, 11) is -4.53. The summed E-state index contributed by atoms with van der Waals surface area (Å²) in [6.07, 6.45) is 56.5. The quantitative estimate of drug-likeness (QED) is 0.0236. The highest BCUT2D eigenvalue weighted by molar-refractivity contribution is 7.47. The van der Waals surface area contributed by atoms with Crippen molar-refractivity contribution in [2.24, 2.45) is 0 Å². The van der Waals surface area contributed by atoms with Crippen LogP contribution in [-0.2, 0) is 27.9 Å². The predicted octanol–water partition coefficient (Wildman–Crippen LogP) is 14.9. The molecule has 0 saturated carbocycles. The third-order valence-electron chi connectivity index (χ3n) is 11.0. The molecule has 3 N–H and O–H groups in total. The molecular formula is C52H97O9P. The maximum absolute atomic E-state index is 12.7. The van der Waals surface area contributed by atoms with Crippen molar-refractivity contribution < 1.29 is 43.0 Å². The molecule has 0 aliphatic heterocycles. The van der Waals surface area contributed by atoms with Crippen LogP contribution in [0.4, 0.5) is 0 Å². The maximum atomic E-state index is 12.7. The zero-order valence-electron chi connectivity index (χ0n) is 40.1. The molecule has 62 heavy (non-hydrogen) atoms. The number of hydrogen-bond acceptors (Lipinski definition) is 8. The molecule has 0 heterocycles. The van der Waals surface area contributed by atoms with Crippen molar-refractivity contribution in [1.29, 1.82) is 0 Å². The van der Waals surface area contributed by atoms with E-state index in [-0.39, 0.29) is 25.6 Å². The van der Waals surface area contributed by atoms with Crippen molar-refractivity contribution in [3.8, 4) is 0 Å². The number of aliphatic hydroxyl groups is 2. The fourth-order valence-corrected chi connectivity index (χ4v) is 7.96. The number of phosphoric ester groups is 1. The van der Waals surface area contributed by atoms with Crippen LogP contribution in [0.2, 0.25) is 0 Å². The second-order valence-corrected chi connectivity index (χ2v) is 18.6. The Bertz CT molecular complexity index is 1110. The van der Waals surface area contributed by atoms with Crippen molar-refractivity contribution in [3.05, 3.63) is 48.6 Å². The van der Waals surface area contributed by atoms with Gasteiger partial charge in [0.05, 0.1) is 26.4 Å². The molecule has 0 amide bonds. The molecule has 0 radical (unpaired) electrons. The molecule has 0 fully saturated rings. The van der Waals surface area contributed by atoms with Crippen LogP contribution in [0.25, 0.3) is 0 Å². The van der Waals surface area contributed by atoms with E-state index < -0.39 is 33.2 Å². The van der Waals surface area contributed by atoms with Gasteiger partial charge in [0.1, 0.15) is 12.2 Å². The predicted molar refractivity (Wildman–Crippen MR) is 260 cm³/mol. The molecule has 0 rings (SSSR count). The van der Waals surface area contributed by atoms with Gasteiger partial charge in [0.25, 0.3) is 0 Å². The summed E-state index contributed by atoms with van der Waals surface area (Å²) in [6, 6.07) is 0. The van der Waals surface area contributed by atoms with Gasteiger partial charge in [-0.15, -0.1) is 0 Å². The first kappa shape index (κ1) is 60.4. The summed E-state index contributed by atoms with van der Waals surface area (Å²) in [6.45, 7) is 3.40. The number of esters is 1. The second kappa shape index (κ2) is 48.9. The molecule has 9 nitrogen and oxygen atoms in total. The molecule has 0 bridgehead atoms. The van der Waals surface area contributed by atoms with Gasteiger partial charge in [-0.25, -0.2) is 4.57 Å². The lowest BCUT2D eigenvalue weighted by atomic mass is 10.0. The van der Waals surface area contributed by atoms with E-state index in [0.717, 1.165) is 83.5 Å². The van der Waals surface area contributed by atoms with Gasteiger partial charge < -0.3 is 24.6 Å². The van der Waals surface area contributed by atoms with Crippen LogP contribution in [0, 0.1) is 0 Å². The third-order valence-corrected chi connectivity index (χ3v) is 12.0. The molecule has 0 saturated heterocycles. The van der Waals surface area contributed by atoms with Crippen LogP contribution in [-0.4, -0.2) is 66.3 Å². The van der Waals surface area contributed by atoms with E-state index in [9.17, 15) is 19.4 Å². The Balaban J connectivity index is 4.07. The van der Waals surface area contributed by atoms with Gasteiger partial charge in [0, 0.05) is 13.0 Å². The van der Waals surface area contributed by atoms with E-state index >= 15 is 0 Å².